The number of carbonyl (C=O) groups excluding carboxylic acids is 1. The molecule has 0 aliphatic rings. The maximum Gasteiger partial charge on any atom is 0.416 e. The minimum absolute atomic E-state index is 0.0320. The van der Waals surface area contributed by atoms with Crippen molar-refractivity contribution in [1.82, 2.24) is 19.9 Å². The van der Waals surface area contributed by atoms with E-state index in [-0.39, 0.29) is 12.1 Å². The van der Waals surface area contributed by atoms with Crippen LogP contribution in [0.25, 0.3) is 11.5 Å². The molecule has 1 N–H and O–H groups in total. The van der Waals surface area contributed by atoms with Gasteiger partial charge in [0.25, 0.3) is 5.91 Å². The van der Waals surface area contributed by atoms with Crippen molar-refractivity contribution >= 4 is 5.91 Å². The number of hydrogen-bond acceptors (Lipinski definition) is 3. The first-order valence-electron chi connectivity index (χ1n) is 7.83. The number of pyridine rings is 1. The highest BCUT2D eigenvalue weighted by Gasteiger charge is 2.30. The van der Waals surface area contributed by atoms with Crippen molar-refractivity contribution in [3.8, 4) is 11.5 Å². The maximum atomic E-state index is 12.7. The number of imidazole rings is 1. The Morgan fingerprint density at radius 2 is 1.92 bits per heavy atom. The Hall–Kier alpha value is -3.16. The molecule has 0 fully saturated rings. The molecule has 0 aliphatic heterocycles. The number of rotatable bonds is 5. The summed E-state index contributed by atoms with van der Waals surface area (Å²) in [5.41, 5.74) is -0.186. The van der Waals surface area contributed by atoms with Crippen LogP contribution < -0.4 is 5.32 Å². The maximum absolute atomic E-state index is 12.7. The van der Waals surface area contributed by atoms with Crippen molar-refractivity contribution in [1.29, 1.82) is 0 Å². The molecular weight excluding hydrogens is 345 g/mol. The lowest BCUT2D eigenvalue weighted by Crippen LogP contribution is -2.27. The molecule has 134 valence electrons. The zero-order valence-electron chi connectivity index (χ0n) is 13.6. The smallest absolute Gasteiger partial charge is 0.350 e. The molecule has 1 aromatic carbocycles. The van der Waals surface area contributed by atoms with Gasteiger partial charge in [0.15, 0.2) is 5.82 Å². The second-order valence-corrected chi connectivity index (χ2v) is 5.49. The van der Waals surface area contributed by atoms with Crippen LogP contribution in [0.1, 0.15) is 15.9 Å². The number of benzene rings is 1. The van der Waals surface area contributed by atoms with E-state index in [0.717, 1.165) is 12.1 Å². The molecule has 5 nitrogen and oxygen atoms in total. The van der Waals surface area contributed by atoms with Crippen LogP contribution in [-0.2, 0) is 12.7 Å². The third-order valence-corrected chi connectivity index (χ3v) is 3.70. The Bertz CT molecular complexity index is 891. The Balaban J connectivity index is 1.63. The van der Waals surface area contributed by atoms with Gasteiger partial charge < -0.3 is 9.88 Å². The van der Waals surface area contributed by atoms with Gasteiger partial charge in [-0.2, -0.15) is 13.2 Å². The summed E-state index contributed by atoms with van der Waals surface area (Å²) in [6.07, 6.45) is 0.549. The number of hydrogen-bond donors (Lipinski definition) is 1. The van der Waals surface area contributed by atoms with Crippen LogP contribution in [0.15, 0.2) is 61.1 Å². The minimum Gasteiger partial charge on any atom is -0.350 e. The zero-order valence-corrected chi connectivity index (χ0v) is 13.6. The van der Waals surface area contributed by atoms with E-state index in [1.165, 1.54) is 12.1 Å². The number of nitrogens with one attached hydrogen (secondary N) is 1. The third kappa shape index (κ3) is 4.08. The molecule has 1 amide bonds. The van der Waals surface area contributed by atoms with Gasteiger partial charge in [-0.25, -0.2) is 4.98 Å². The Morgan fingerprint density at radius 1 is 1.08 bits per heavy atom. The molecule has 0 saturated heterocycles. The van der Waals surface area contributed by atoms with Crippen molar-refractivity contribution in [2.24, 2.45) is 0 Å². The Labute approximate surface area is 147 Å². The van der Waals surface area contributed by atoms with Gasteiger partial charge in [-0.1, -0.05) is 12.1 Å². The van der Waals surface area contributed by atoms with Crippen molar-refractivity contribution < 1.29 is 18.0 Å². The van der Waals surface area contributed by atoms with E-state index in [1.807, 2.05) is 16.7 Å². The van der Waals surface area contributed by atoms with Crippen molar-refractivity contribution in [2.75, 3.05) is 6.54 Å². The highest BCUT2D eigenvalue weighted by Crippen LogP contribution is 2.29. The van der Waals surface area contributed by atoms with Crippen LogP contribution in [0.3, 0.4) is 0 Å². The number of nitrogens with zero attached hydrogens (tertiary/aromatic N) is 3. The fourth-order valence-electron chi connectivity index (χ4n) is 2.45. The molecule has 0 bridgehead atoms. The van der Waals surface area contributed by atoms with Crippen molar-refractivity contribution in [2.45, 2.75) is 12.7 Å². The second kappa shape index (κ2) is 7.38. The molecule has 3 rings (SSSR count). The molecule has 26 heavy (non-hydrogen) atoms. The number of amides is 1. The zero-order chi connectivity index (χ0) is 18.6. The van der Waals surface area contributed by atoms with Crippen LogP contribution in [-0.4, -0.2) is 27.0 Å². The first-order valence-corrected chi connectivity index (χ1v) is 7.83. The lowest BCUT2D eigenvalue weighted by molar-refractivity contribution is -0.137. The quantitative estimate of drug-likeness (QED) is 0.759. The molecule has 8 heteroatoms. The van der Waals surface area contributed by atoms with E-state index in [9.17, 15) is 18.0 Å². The number of alkyl halides is 3. The van der Waals surface area contributed by atoms with Gasteiger partial charge in [0.1, 0.15) is 5.69 Å². The van der Waals surface area contributed by atoms with E-state index in [1.54, 1.807) is 24.7 Å². The molecule has 3 aromatic rings. The predicted molar refractivity (Wildman–Crippen MR) is 89.2 cm³/mol. The van der Waals surface area contributed by atoms with Gasteiger partial charge in [-0.05, 0) is 30.3 Å². The molecule has 0 saturated carbocycles. The van der Waals surface area contributed by atoms with Crippen molar-refractivity contribution in [3.05, 3.63) is 72.2 Å². The molecule has 0 atom stereocenters. The van der Waals surface area contributed by atoms with Crippen molar-refractivity contribution in [3.63, 3.8) is 0 Å². The van der Waals surface area contributed by atoms with E-state index < -0.39 is 17.6 Å². The van der Waals surface area contributed by atoms with Gasteiger partial charge in [-0.15, -0.1) is 0 Å². The van der Waals surface area contributed by atoms with Crippen LogP contribution in [0.4, 0.5) is 13.2 Å². The summed E-state index contributed by atoms with van der Waals surface area (Å²) < 4.78 is 40.0. The number of carbonyl (C=O) groups is 1. The number of aromatic nitrogens is 3. The predicted octanol–water partition coefficient (Wildman–Crippen LogP) is 3.39. The monoisotopic (exact) mass is 360 g/mol. The Morgan fingerprint density at radius 3 is 2.65 bits per heavy atom. The minimum atomic E-state index is -4.48. The fraction of sp³-hybridized carbons (Fsp3) is 0.167. The lowest BCUT2D eigenvalue weighted by Gasteiger charge is -2.10. The van der Waals surface area contributed by atoms with Crippen LogP contribution in [0, 0.1) is 0 Å². The average Bonchev–Trinajstić information content (AvgIpc) is 3.10. The molecule has 0 radical (unpaired) electrons. The first-order chi connectivity index (χ1) is 12.4. The van der Waals surface area contributed by atoms with E-state index in [2.05, 4.69) is 15.3 Å². The normalized spacial score (nSPS) is 11.3. The van der Waals surface area contributed by atoms with E-state index in [0.29, 0.717) is 18.1 Å². The van der Waals surface area contributed by atoms with Gasteiger partial charge in [0.05, 0.1) is 5.56 Å². The van der Waals surface area contributed by atoms with Gasteiger partial charge >= 0.3 is 6.18 Å². The van der Waals surface area contributed by atoms with Crippen LogP contribution >= 0.6 is 0 Å². The largest absolute Gasteiger partial charge is 0.416 e. The summed E-state index contributed by atoms with van der Waals surface area (Å²) in [7, 11) is 0. The summed E-state index contributed by atoms with van der Waals surface area (Å²) in [6.45, 7) is 0.655. The highest BCUT2D eigenvalue weighted by atomic mass is 19.4. The molecule has 0 unspecified atom stereocenters. The topological polar surface area (TPSA) is 59.8 Å². The van der Waals surface area contributed by atoms with E-state index >= 15 is 0 Å². The summed E-state index contributed by atoms with van der Waals surface area (Å²) in [5, 5.41) is 2.62. The van der Waals surface area contributed by atoms with Gasteiger partial charge in [0.2, 0.25) is 0 Å². The third-order valence-electron chi connectivity index (χ3n) is 3.70. The SMILES string of the molecule is O=C(NCCn1ccnc1-c1ccccn1)c1cccc(C(F)(F)F)c1. The summed E-state index contributed by atoms with van der Waals surface area (Å²) >= 11 is 0. The lowest BCUT2D eigenvalue weighted by atomic mass is 10.1. The molecular formula is C18H15F3N4O. The second-order valence-electron chi connectivity index (χ2n) is 5.49. The number of halogens is 3. The molecule has 0 spiro atoms. The van der Waals surface area contributed by atoms with Gasteiger partial charge in [0, 0.05) is 37.2 Å². The highest BCUT2D eigenvalue weighted by molar-refractivity contribution is 5.94. The Kier molecular flexibility index (Phi) is 5.01. The fourth-order valence-corrected chi connectivity index (χ4v) is 2.45. The molecule has 2 heterocycles. The molecule has 2 aromatic heterocycles. The van der Waals surface area contributed by atoms with Crippen LogP contribution in [0.5, 0.6) is 0 Å². The summed E-state index contributed by atoms with van der Waals surface area (Å²) in [4.78, 5) is 20.6. The van der Waals surface area contributed by atoms with Gasteiger partial charge in [-0.3, -0.25) is 9.78 Å². The van der Waals surface area contributed by atoms with Crippen LogP contribution in [0.2, 0.25) is 0 Å². The molecule has 0 aliphatic carbocycles. The summed E-state index contributed by atoms with van der Waals surface area (Å²) in [6, 6.07) is 9.80. The van der Waals surface area contributed by atoms with E-state index in [4.69, 9.17) is 0 Å². The first kappa shape index (κ1) is 17.7. The summed E-state index contributed by atoms with van der Waals surface area (Å²) in [5.74, 6) is 0.0921. The average molecular weight is 360 g/mol. The standard InChI is InChI=1S/C18H15F3N4O/c19-18(20,21)14-5-3-4-13(12-14)17(26)24-9-11-25-10-8-23-16(25)15-6-1-2-7-22-15/h1-8,10,12H,9,11H2,(H,24,26).